The molecule has 0 unspecified atom stereocenters. The Balaban J connectivity index is 2.01. The lowest BCUT2D eigenvalue weighted by atomic mass is 9.96. The van der Waals surface area contributed by atoms with Crippen LogP contribution in [0, 0.1) is 0 Å². The van der Waals surface area contributed by atoms with E-state index in [1.54, 1.807) is 26.2 Å². The molecule has 3 heteroatoms. The standard InChI is InChI=1S/C17H16N2O/c1-13-10-16(11-14(2)17(13)20)12-19-18-9-8-15-6-4-3-5-7-15/h3-12H,1-2H3/b9-8+,19-18+. The Kier molecular flexibility index (Phi) is 4.56. The molecule has 1 aliphatic rings. The smallest absolute Gasteiger partial charge is 0.184 e. The van der Waals surface area contributed by atoms with Crippen LogP contribution in [-0.2, 0) is 4.79 Å². The molecule has 0 fully saturated rings. The average Bonchev–Trinajstić information content (AvgIpc) is 2.45. The number of carbonyl (C=O) groups is 1. The number of rotatable bonds is 3. The van der Waals surface area contributed by atoms with E-state index in [0.29, 0.717) is 0 Å². The van der Waals surface area contributed by atoms with E-state index in [2.05, 4.69) is 10.2 Å². The van der Waals surface area contributed by atoms with Gasteiger partial charge in [0.15, 0.2) is 5.78 Å². The number of ketones is 1. The Bertz CT molecular complexity index is 623. The molecule has 0 saturated heterocycles. The van der Waals surface area contributed by atoms with Crippen LogP contribution in [0.15, 0.2) is 81.8 Å². The number of nitrogens with zero attached hydrogens (tertiary/aromatic N) is 2. The molecule has 0 atom stereocenters. The van der Waals surface area contributed by atoms with Crippen molar-refractivity contribution in [1.82, 2.24) is 0 Å². The van der Waals surface area contributed by atoms with Gasteiger partial charge in [0.25, 0.3) is 0 Å². The molecule has 20 heavy (non-hydrogen) atoms. The zero-order valence-corrected chi connectivity index (χ0v) is 11.6. The van der Waals surface area contributed by atoms with Crippen LogP contribution in [0.2, 0.25) is 0 Å². The second kappa shape index (κ2) is 6.57. The summed E-state index contributed by atoms with van der Waals surface area (Å²) >= 11 is 0. The van der Waals surface area contributed by atoms with Gasteiger partial charge in [-0.3, -0.25) is 4.79 Å². The SMILES string of the molecule is CC1=CC(=C/N=N/C=C/c2ccccc2)C=C(C)C1=O. The van der Waals surface area contributed by atoms with E-state index < -0.39 is 0 Å². The van der Waals surface area contributed by atoms with Gasteiger partial charge in [0.1, 0.15) is 0 Å². The van der Waals surface area contributed by atoms with Crippen molar-refractivity contribution in [2.24, 2.45) is 10.2 Å². The lowest BCUT2D eigenvalue weighted by Crippen LogP contribution is -2.05. The fourth-order valence-corrected chi connectivity index (χ4v) is 1.88. The number of Topliss-reactive ketones (excluding diaryl/α,β-unsaturated/α-hetero) is 1. The van der Waals surface area contributed by atoms with Crippen molar-refractivity contribution in [3.05, 3.63) is 77.2 Å². The van der Waals surface area contributed by atoms with Crippen LogP contribution in [0.5, 0.6) is 0 Å². The molecule has 1 aliphatic carbocycles. The second-order valence-electron chi connectivity index (χ2n) is 4.57. The van der Waals surface area contributed by atoms with Gasteiger partial charge in [-0.15, -0.1) is 0 Å². The lowest BCUT2D eigenvalue weighted by Gasteiger charge is -2.07. The number of hydrogen-bond acceptors (Lipinski definition) is 3. The molecular weight excluding hydrogens is 248 g/mol. The maximum absolute atomic E-state index is 11.6. The van der Waals surface area contributed by atoms with Crippen molar-refractivity contribution >= 4 is 11.9 Å². The van der Waals surface area contributed by atoms with Crippen molar-refractivity contribution in [1.29, 1.82) is 0 Å². The molecule has 0 aromatic heterocycles. The monoisotopic (exact) mass is 264 g/mol. The predicted octanol–water partition coefficient (Wildman–Crippen LogP) is 4.47. The number of azo groups is 1. The Morgan fingerprint density at radius 1 is 0.950 bits per heavy atom. The molecule has 0 amide bonds. The van der Waals surface area contributed by atoms with Crippen LogP contribution in [0.4, 0.5) is 0 Å². The molecule has 1 aromatic rings. The summed E-state index contributed by atoms with van der Waals surface area (Å²) in [5.41, 5.74) is 3.42. The summed E-state index contributed by atoms with van der Waals surface area (Å²) in [4.78, 5) is 11.6. The van der Waals surface area contributed by atoms with Gasteiger partial charge in [0.05, 0.1) is 12.4 Å². The molecule has 0 saturated carbocycles. The first kappa shape index (κ1) is 13.9. The van der Waals surface area contributed by atoms with Gasteiger partial charge < -0.3 is 0 Å². The van der Waals surface area contributed by atoms with E-state index in [9.17, 15) is 4.79 Å². The zero-order valence-electron chi connectivity index (χ0n) is 11.6. The molecular formula is C17H16N2O. The highest BCUT2D eigenvalue weighted by atomic mass is 16.1. The van der Waals surface area contributed by atoms with Crippen LogP contribution in [0.1, 0.15) is 19.4 Å². The Morgan fingerprint density at radius 3 is 2.25 bits per heavy atom. The molecule has 0 aliphatic heterocycles. The third-order valence-corrected chi connectivity index (χ3v) is 2.89. The topological polar surface area (TPSA) is 41.8 Å². The van der Waals surface area contributed by atoms with Crippen LogP contribution < -0.4 is 0 Å². The summed E-state index contributed by atoms with van der Waals surface area (Å²) in [6.07, 6.45) is 8.81. The quantitative estimate of drug-likeness (QED) is 0.743. The highest BCUT2D eigenvalue weighted by molar-refractivity contribution is 6.09. The summed E-state index contributed by atoms with van der Waals surface area (Å²) in [6.45, 7) is 3.61. The third-order valence-electron chi connectivity index (χ3n) is 2.89. The minimum Gasteiger partial charge on any atom is -0.289 e. The summed E-state index contributed by atoms with van der Waals surface area (Å²) in [6, 6.07) is 9.90. The van der Waals surface area contributed by atoms with Gasteiger partial charge in [-0.05, 0) is 54.4 Å². The van der Waals surface area contributed by atoms with Gasteiger partial charge in [-0.2, -0.15) is 10.2 Å². The van der Waals surface area contributed by atoms with Crippen LogP contribution >= 0.6 is 0 Å². The van der Waals surface area contributed by atoms with Crippen molar-refractivity contribution < 1.29 is 4.79 Å². The second-order valence-corrected chi connectivity index (χ2v) is 4.57. The van der Waals surface area contributed by atoms with E-state index in [1.807, 2.05) is 48.6 Å². The highest BCUT2D eigenvalue weighted by Gasteiger charge is 2.12. The largest absolute Gasteiger partial charge is 0.289 e. The molecule has 0 bridgehead atoms. The first-order valence-corrected chi connectivity index (χ1v) is 6.40. The van der Waals surface area contributed by atoms with Gasteiger partial charge in [0, 0.05) is 0 Å². The summed E-state index contributed by atoms with van der Waals surface area (Å²) in [5, 5.41) is 7.93. The van der Waals surface area contributed by atoms with Crippen molar-refractivity contribution in [2.45, 2.75) is 13.8 Å². The molecule has 100 valence electrons. The van der Waals surface area contributed by atoms with E-state index in [1.165, 1.54) is 0 Å². The van der Waals surface area contributed by atoms with Crippen molar-refractivity contribution in [3.63, 3.8) is 0 Å². The first-order valence-electron chi connectivity index (χ1n) is 6.40. The minimum atomic E-state index is 0.0862. The summed E-state index contributed by atoms with van der Waals surface area (Å²) < 4.78 is 0. The number of carbonyl (C=O) groups excluding carboxylic acids is 1. The maximum Gasteiger partial charge on any atom is 0.184 e. The fraction of sp³-hybridized carbons (Fsp3) is 0.118. The predicted molar refractivity (Wildman–Crippen MR) is 80.9 cm³/mol. The minimum absolute atomic E-state index is 0.0862. The van der Waals surface area contributed by atoms with Crippen LogP contribution in [-0.4, -0.2) is 5.78 Å². The lowest BCUT2D eigenvalue weighted by molar-refractivity contribution is -0.112. The third kappa shape index (κ3) is 3.72. The molecule has 2 rings (SSSR count). The molecule has 0 heterocycles. The number of hydrogen-bond donors (Lipinski definition) is 0. The Morgan fingerprint density at radius 2 is 1.60 bits per heavy atom. The van der Waals surface area contributed by atoms with Crippen LogP contribution in [0.25, 0.3) is 6.08 Å². The average molecular weight is 264 g/mol. The van der Waals surface area contributed by atoms with Gasteiger partial charge in [-0.1, -0.05) is 30.3 Å². The molecule has 0 radical (unpaired) electrons. The van der Waals surface area contributed by atoms with Crippen molar-refractivity contribution in [3.8, 4) is 0 Å². The van der Waals surface area contributed by atoms with Crippen molar-refractivity contribution in [2.75, 3.05) is 0 Å². The molecule has 0 spiro atoms. The molecule has 3 nitrogen and oxygen atoms in total. The van der Waals surface area contributed by atoms with Crippen LogP contribution in [0.3, 0.4) is 0 Å². The summed E-state index contributed by atoms with van der Waals surface area (Å²) in [7, 11) is 0. The molecule has 0 N–H and O–H groups in total. The van der Waals surface area contributed by atoms with Gasteiger partial charge >= 0.3 is 0 Å². The van der Waals surface area contributed by atoms with E-state index in [4.69, 9.17) is 0 Å². The summed E-state index contributed by atoms with van der Waals surface area (Å²) in [5.74, 6) is 0.0862. The first-order chi connectivity index (χ1) is 9.66. The van der Waals surface area contributed by atoms with E-state index >= 15 is 0 Å². The maximum atomic E-state index is 11.6. The number of benzene rings is 1. The molecule has 1 aromatic carbocycles. The normalized spacial score (nSPS) is 15.7. The van der Waals surface area contributed by atoms with E-state index in [0.717, 1.165) is 22.3 Å². The number of allylic oxidation sites excluding steroid dienone is 5. The van der Waals surface area contributed by atoms with Gasteiger partial charge in [-0.25, -0.2) is 0 Å². The zero-order chi connectivity index (χ0) is 14.4. The fourth-order valence-electron chi connectivity index (χ4n) is 1.88. The van der Waals surface area contributed by atoms with Gasteiger partial charge in [0.2, 0.25) is 0 Å². The highest BCUT2D eigenvalue weighted by Crippen LogP contribution is 2.18. The Hall–Kier alpha value is -2.55. The Labute approximate surface area is 118 Å². The van der Waals surface area contributed by atoms with E-state index in [-0.39, 0.29) is 5.78 Å².